The van der Waals surface area contributed by atoms with Crippen LogP contribution in [0.4, 0.5) is 0 Å². The molecule has 1 saturated heterocycles. The summed E-state index contributed by atoms with van der Waals surface area (Å²) in [5.74, 6) is -0.126. The van der Waals surface area contributed by atoms with Gasteiger partial charge >= 0.3 is 11.9 Å². The second-order valence-electron chi connectivity index (χ2n) is 3.49. The largest absolute Gasteiger partial charge is 0.462 e. The number of carbonyl (C=O) groups is 1. The molecule has 0 spiro atoms. The summed E-state index contributed by atoms with van der Waals surface area (Å²) in [7, 11) is 1.28. The molecule has 0 unspecified atom stereocenters. The minimum absolute atomic E-state index is 0.0771. The van der Waals surface area contributed by atoms with Gasteiger partial charge < -0.3 is 9.26 Å². The van der Waals surface area contributed by atoms with Crippen LogP contribution in [0.1, 0.15) is 29.4 Å². The molecule has 6 heteroatoms. The minimum Gasteiger partial charge on any atom is -0.462 e. The lowest BCUT2D eigenvalue weighted by molar-refractivity contribution is 0.0545. The molecule has 15 heavy (non-hydrogen) atoms. The van der Waals surface area contributed by atoms with Crippen molar-refractivity contribution in [2.75, 3.05) is 20.2 Å². The molecule has 1 aliphatic heterocycles. The summed E-state index contributed by atoms with van der Waals surface area (Å²) in [4.78, 5) is 17.2. The van der Waals surface area contributed by atoms with Crippen molar-refractivity contribution in [3.63, 3.8) is 0 Å². The molecule has 2 rings (SSSR count). The molecule has 0 amide bonds. The Kier molecular flexibility index (Phi) is 2.96. The van der Waals surface area contributed by atoms with Gasteiger partial charge in [0.05, 0.1) is 13.7 Å². The predicted molar refractivity (Wildman–Crippen MR) is 50.1 cm³/mol. The molecule has 1 fully saturated rings. The fraction of sp³-hybridized carbons (Fsp3) is 0.667. The first-order chi connectivity index (χ1) is 7.29. The Morgan fingerprint density at radius 3 is 2.93 bits per heavy atom. The van der Waals surface area contributed by atoms with Gasteiger partial charge in [-0.05, 0) is 25.9 Å². The topological polar surface area (TPSA) is 68.5 Å². The van der Waals surface area contributed by atoms with Crippen LogP contribution in [0.3, 0.4) is 0 Å². The third kappa shape index (κ3) is 2.33. The van der Waals surface area contributed by atoms with E-state index in [1.54, 1.807) is 0 Å². The van der Waals surface area contributed by atoms with Crippen LogP contribution >= 0.6 is 0 Å². The lowest BCUT2D eigenvalue weighted by Gasteiger charge is -2.10. The van der Waals surface area contributed by atoms with Crippen LogP contribution in [0.5, 0.6) is 0 Å². The third-order valence-corrected chi connectivity index (χ3v) is 2.39. The minimum atomic E-state index is -0.588. The zero-order valence-electron chi connectivity index (χ0n) is 8.60. The van der Waals surface area contributed by atoms with Gasteiger partial charge in [-0.15, -0.1) is 0 Å². The zero-order chi connectivity index (χ0) is 10.7. The standard InChI is InChI=1S/C9H13N3O3/c1-14-9(13)8-10-7(11-15-8)6-12-4-2-3-5-12/h2-6H2,1H3. The molecule has 0 aromatic carbocycles. The van der Waals surface area contributed by atoms with E-state index < -0.39 is 5.97 Å². The average Bonchev–Trinajstić information content (AvgIpc) is 2.88. The van der Waals surface area contributed by atoms with Crippen molar-refractivity contribution in [2.45, 2.75) is 19.4 Å². The van der Waals surface area contributed by atoms with Gasteiger partial charge in [0.2, 0.25) is 0 Å². The molecule has 0 radical (unpaired) electrons. The summed E-state index contributed by atoms with van der Waals surface area (Å²) in [6, 6.07) is 0. The number of esters is 1. The SMILES string of the molecule is COC(=O)c1nc(CN2CCCC2)no1. The highest BCUT2D eigenvalue weighted by atomic mass is 16.6. The monoisotopic (exact) mass is 211 g/mol. The second kappa shape index (κ2) is 4.39. The maximum Gasteiger partial charge on any atom is 0.397 e. The molecule has 1 aromatic heterocycles. The highest BCUT2D eigenvalue weighted by Gasteiger charge is 2.18. The van der Waals surface area contributed by atoms with Crippen molar-refractivity contribution >= 4 is 5.97 Å². The highest BCUT2D eigenvalue weighted by molar-refractivity contribution is 5.83. The molecule has 0 N–H and O–H groups in total. The number of likely N-dealkylation sites (tertiary alicyclic amines) is 1. The van der Waals surface area contributed by atoms with Gasteiger partial charge in [0.15, 0.2) is 5.82 Å². The van der Waals surface area contributed by atoms with E-state index in [0.717, 1.165) is 13.1 Å². The first kappa shape index (κ1) is 10.1. The molecule has 0 aliphatic carbocycles. The van der Waals surface area contributed by atoms with Gasteiger partial charge in [-0.1, -0.05) is 5.16 Å². The molecule has 1 aliphatic rings. The highest BCUT2D eigenvalue weighted by Crippen LogP contribution is 2.10. The molecule has 0 atom stereocenters. The van der Waals surface area contributed by atoms with Gasteiger partial charge in [-0.3, -0.25) is 4.90 Å². The van der Waals surface area contributed by atoms with E-state index in [2.05, 4.69) is 19.8 Å². The molecule has 2 heterocycles. The van der Waals surface area contributed by atoms with Crippen LogP contribution in [-0.4, -0.2) is 41.2 Å². The van der Waals surface area contributed by atoms with Crippen LogP contribution in [0.15, 0.2) is 4.52 Å². The maximum absolute atomic E-state index is 11.0. The van der Waals surface area contributed by atoms with E-state index in [1.165, 1.54) is 20.0 Å². The van der Waals surface area contributed by atoms with E-state index in [0.29, 0.717) is 12.4 Å². The molecular weight excluding hydrogens is 198 g/mol. The van der Waals surface area contributed by atoms with Gasteiger partial charge in [0.25, 0.3) is 0 Å². The van der Waals surface area contributed by atoms with Gasteiger partial charge in [-0.25, -0.2) is 4.79 Å². The van der Waals surface area contributed by atoms with E-state index in [1.807, 2.05) is 0 Å². The van der Waals surface area contributed by atoms with E-state index >= 15 is 0 Å². The molecular formula is C9H13N3O3. The Labute approximate surface area is 87.2 Å². The van der Waals surface area contributed by atoms with Crippen LogP contribution in [0, 0.1) is 0 Å². The van der Waals surface area contributed by atoms with Crippen molar-refractivity contribution < 1.29 is 14.1 Å². The van der Waals surface area contributed by atoms with E-state index in [-0.39, 0.29) is 5.89 Å². The normalized spacial score (nSPS) is 16.9. The molecule has 6 nitrogen and oxygen atoms in total. The van der Waals surface area contributed by atoms with Crippen molar-refractivity contribution in [3.05, 3.63) is 11.7 Å². The van der Waals surface area contributed by atoms with Crippen LogP contribution in [-0.2, 0) is 11.3 Å². The number of aromatic nitrogens is 2. The van der Waals surface area contributed by atoms with Crippen LogP contribution in [0.2, 0.25) is 0 Å². The number of carbonyl (C=O) groups excluding carboxylic acids is 1. The summed E-state index contributed by atoms with van der Waals surface area (Å²) in [5, 5.41) is 3.72. The summed E-state index contributed by atoms with van der Waals surface area (Å²) in [5.41, 5.74) is 0. The van der Waals surface area contributed by atoms with Gasteiger partial charge in [0.1, 0.15) is 0 Å². The molecule has 82 valence electrons. The quantitative estimate of drug-likeness (QED) is 0.676. The van der Waals surface area contributed by atoms with Crippen LogP contribution < -0.4 is 0 Å². The Morgan fingerprint density at radius 1 is 1.53 bits per heavy atom. The Morgan fingerprint density at radius 2 is 2.27 bits per heavy atom. The fourth-order valence-corrected chi connectivity index (χ4v) is 1.63. The fourth-order valence-electron chi connectivity index (χ4n) is 1.63. The maximum atomic E-state index is 11.0. The van der Waals surface area contributed by atoms with Crippen molar-refractivity contribution in [1.29, 1.82) is 0 Å². The predicted octanol–water partition coefficient (Wildman–Crippen LogP) is 0.452. The lowest BCUT2D eigenvalue weighted by atomic mass is 10.4. The number of nitrogens with zero attached hydrogens (tertiary/aromatic N) is 3. The van der Waals surface area contributed by atoms with Gasteiger partial charge in [0, 0.05) is 0 Å². The summed E-state index contributed by atoms with van der Waals surface area (Å²) in [6.07, 6.45) is 2.42. The number of methoxy groups -OCH3 is 1. The van der Waals surface area contributed by atoms with E-state index in [9.17, 15) is 4.79 Å². The van der Waals surface area contributed by atoms with E-state index in [4.69, 9.17) is 4.52 Å². The number of hydrogen-bond acceptors (Lipinski definition) is 6. The molecule has 0 bridgehead atoms. The van der Waals surface area contributed by atoms with Crippen LogP contribution in [0.25, 0.3) is 0 Å². The van der Waals surface area contributed by atoms with Gasteiger partial charge in [-0.2, -0.15) is 4.98 Å². The van der Waals surface area contributed by atoms with Crippen molar-refractivity contribution in [2.24, 2.45) is 0 Å². The zero-order valence-corrected chi connectivity index (χ0v) is 8.60. The Balaban J connectivity index is 1.97. The summed E-state index contributed by atoms with van der Waals surface area (Å²) in [6.45, 7) is 2.75. The molecule has 1 aromatic rings. The Hall–Kier alpha value is -1.43. The second-order valence-corrected chi connectivity index (χ2v) is 3.49. The summed E-state index contributed by atoms with van der Waals surface area (Å²) >= 11 is 0. The first-order valence-electron chi connectivity index (χ1n) is 4.93. The number of rotatable bonds is 3. The summed E-state index contributed by atoms with van der Waals surface area (Å²) < 4.78 is 9.24. The number of ether oxygens (including phenoxy) is 1. The first-order valence-corrected chi connectivity index (χ1v) is 4.93. The lowest BCUT2D eigenvalue weighted by Crippen LogP contribution is -2.19. The average molecular weight is 211 g/mol. The molecule has 0 saturated carbocycles. The number of hydrogen-bond donors (Lipinski definition) is 0. The smallest absolute Gasteiger partial charge is 0.397 e. The Bertz CT molecular complexity index is 344. The third-order valence-electron chi connectivity index (χ3n) is 2.39. The van der Waals surface area contributed by atoms with Crippen molar-refractivity contribution in [3.8, 4) is 0 Å². The van der Waals surface area contributed by atoms with Crippen molar-refractivity contribution in [1.82, 2.24) is 15.0 Å².